The van der Waals surface area contributed by atoms with Crippen LogP contribution in [0.15, 0.2) is 30.3 Å². The van der Waals surface area contributed by atoms with Crippen molar-refractivity contribution in [2.75, 3.05) is 25.5 Å². The maximum absolute atomic E-state index is 13.4. The number of hydrogen-bond acceptors (Lipinski definition) is 7. The summed E-state index contributed by atoms with van der Waals surface area (Å²) in [5.74, 6) is 0.113. The van der Waals surface area contributed by atoms with Gasteiger partial charge in [0.05, 0.1) is 13.2 Å². The highest BCUT2D eigenvalue weighted by Crippen LogP contribution is 2.29. The summed E-state index contributed by atoms with van der Waals surface area (Å²) in [6.07, 6.45) is 2.32. The molecule has 2 unspecified atom stereocenters. The number of hydrogen-bond donors (Lipinski definition) is 3. The molecule has 4 atom stereocenters. The first-order valence-electron chi connectivity index (χ1n) is 11.1. The lowest BCUT2D eigenvalue weighted by Crippen LogP contribution is -2.65. The number of rotatable bonds is 13. The molecule has 7 nitrogen and oxygen atoms in total. The van der Waals surface area contributed by atoms with Gasteiger partial charge in [-0.3, -0.25) is 14.9 Å². The Kier molecular flexibility index (Phi) is 10.3. The molecule has 0 spiro atoms. The Balaban J connectivity index is 2.23. The van der Waals surface area contributed by atoms with Crippen LogP contribution in [0.25, 0.3) is 0 Å². The van der Waals surface area contributed by atoms with Crippen molar-refractivity contribution in [3.63, 3.8) is 0 Å². The smallest absolute Gasteiger partial charge is 0.349 e. The number of hydroxylamine groups is 2. The van der Waals surface area contributed by atoms with Crippen molar-refractivity contribution >= 4 is 24.5 Å². The fraction of sp³-hybridized carbons (Fsp3) is 0.652. The van der Waals surface area contributed by atoms with E-state index in [1.54, 1.807) is 0 Å². The summed E-state index contributed by atoms with van der Waals surface area (Å²) < 4.78 is 5.27. The van der Waals surface area contributed by atoms with Crippen LogP contribution in [0.2, 0.25) is 0 Å². The largest absolute Gasteiger partial charge is 0.463 e. The first-order valence-corrected chi connectivity index (χ1v) is 11.8. The van der Waals surface area contributed by atoms with Gasteiger partial charge < -0.3 is 10.5 Å². The summed E-state index contributed by atoms with van der Waals surface area (Å²) in [6.45, 7) is 7.12. The Morgan fingerprint density at radius 1 is 1.35 bits per heavy atom. The van der Waals surface area contributed by atoms with Crippen LogP contribution in [0.1, 0.15) is 57.9 Å². The van der Waals surface area contributed by atoms with Crippen molar-refractivity contribution in [2.24, 2.45) is 11.7 Å². The van der Waals surface area contributed by atoms with Crippen LogP contribution >= 0.6 is 12.6 Å². The van der Waals surface area contributed by atoms with E-state index in [4.69, 9.17) is 15.3 Å². The van der Waals surface area contributed by atoms with Crippen LogP contribution in [0.3, 0.4) is 0 Å². The molecule has 174 valence electrons. The topological polar surface area (TPSA) is 93.9 Å². The number of cyclic esters (lactones) is 1. The number of esters is 1. The molecule has 1 aromatic carbocycles. The van der Waals surface area contributed by atoms with E-state index in [9.17, 15) is 9.59 Å². The first-order chi connectivity index (χ1) is 14.8. The van der Waals surface area contributed by atoms with E-state index in [2.05, 4.69) is 31.8 Å². The summed E-state index contributed by atoms with van der Waals surface area (Å²) >= 11 is 4.22. The highest BCUT2D eigenvalue weighted by atomic mass is 32.1. The SMILES string of the molecule is CCC(C)CCON(C(=O)C[C@H](C)c1ccccc1)[C@]1(NCC(N)CS)CCOC1=O. The van der Waals surface area contributed by atoms with Crippen molar-refractivity contribution < 1.29 is 19.2 Å². The van der Waals surface area contributed by atoms with Crippen molar-refractivity contribution in [1.82, 2.24) is 10.4 Å². The molecule has 1 fully saturated rings. The van der Waals surface area contributed by atoms with Gasteiger partial charge in [-0.2, -0.15) is 17.7 Å². The Bertz CT molecular complexity index is 705. The third-order valence-electron chi connectivity index (χ3n) is 5.88. The summed E-state index contributed by atoms with van der Waals surface area (Å²) in [5, 5.41) is 4.40. The number of benzene rings is 1. The average molecular weight is 452 g/mol. The van der Waals surface area contributed by atoms with E-state index in [1.165, 1.54) is 5.06 Å². The lowest BCUT2D eigenvalue weighted by atomic mass is 9.96. The van der Waals surface area contributed by atoms with Gasteiger partial charge in [-0.1, -0.05) is 57.5 Å². The van der Waals surface area contributed by atoms with E-state index in [1.807, 2.05) is 37.3 Å². The third kappa shape index (κ3) is 6.94. The summed E-state index contributed by atoms with van der Waals surface area (Å²) in [7, 11) is 0. The Morgan fingerprint density at radius 3 is 2.65 bits per heavy atom. The van der Waals surface area contributed by atoms with Crippen LogP contribution in [0, 0.1) is 5.92 Å². The van der Waals surface area contributed by atoms with Gasteiger partial charge in [0.25, 0.3) is 0 Å². The quantitative estimate of drug-likeness (QED) is 0.185. The number of carbonyl (C=O) groups excluding carboxylic acids is 2. The molecule has 1 aliphatic rings. The molecule has 2 rings (SSSR count). The number of ether oxygens (including phenoxy) is 1. The minimum atomic E-state index is -1.37. The normalized spacial score (nSPS) is 21.4. The van der Waals surface area contributed by atoms with E-state index in [-0.39, 0.29) is 30.9 Å². The predicted octanol–water partition coefficient (Wildman–Crippen LogP) is 2.87. The molecule has 0 radical (unpaired) electrons. The zero-order chi connectivity index (χ0) is 22.9. The standard InChI is InChI=1S/C23H37N3O4S/c1-4-17(2)10-12-30-26(21(27)14-18(3)19-8-6-5-7-9-19)23(11-13-29-22(23)28)25-15-20(24)16-31/h5-9,17-18,20,25,31H,4,10-16,24H2,1-3H3/t17?,18-,20?,23+/m0/s1. The third-order valence-corrected chi connectivity index (χ3v) is 6.35. The first kappa shape index (κ1) is 25.6. The molecule has 8 heteroatoms. The van der Waals surface area contributed by atoms with Gasteiger partial charge in [-0.05, 0) is 23.8 Å². The minimum Gasteiger partial charge on any atom is -0.463 e. The molecule has 1 saturated heterocycles. The van der Waals surface area contributed by atoms with E-state index < -0.39 is 11.6 Å². The van der Waals surface area contributed by atoms with Crippen LogP contribution < -0.4 is 11.1 Å². The second-order valence-electron chi connectivity index (χ2n) is 8.41. The highest BCUT2D eigenvalue weighted by Gasteiger charge is 2.53. The molecule has 3 N–H and O–H groups in total. The lowest BCUT2D eigenvalue weighted by Gasteiger charge is -2.38. The van der Waals surface area contributed by atoms with Gasteiger partial charge in [0, 0.05) is 31.2 Å². The maximum atomic E-state index is 13.4. The van der Waals surface area contributed by atoms with Crippen molar-refractivity contribution in [1.29, 1.82) is 0 Å². The molecule has 1 aliphatic heterocycles. The number of thiol groups is 1. The number of nitrogens with two attached hydrogens (primary N) is 1. The molecule has 1 aromatic rings. The maximum Gasteiger partial charge on any atom is 0.349 e. The number of nitrogens with one attached hydrogen (secondary N) is 1. The van der Waals surface area contributed by atoms with Crippen molar-refractivity contribution in [3.05, 3.63) is 35.9 Å². The molecular weight excluding hydrogens is 414 g/mol. The molecule has 0 aliphatic carbocycles. The molecular formula is C23H37N3O4S. The molecule has 0 saturated carbocycles. The summed E-state index contributed by atoms with van der Waals surface area (Å²) in [4.78, 5) is 32.3. The van der Waals surface area contributed by atoms with Gasteiger partial charge in [0.15, 0.2) is 0 Å². The van der Waals surface area contributed by atoms with Crippen LogP contribution in [0.5, 0.6) is 0 Å². The Labute approximate surface area is 191 Å². The zero-order valence-corrected chi connectivity index (χ0v) is 19.8. The summed E-state index contributed by atoms with van der Waals surface area (Å²) in [6, 6.07) is 9.57. The summed E-state index contributed by atoms with van der Waals surface area (Å²) in [5.41, 5.74) is 5.70. The number of carbonyl (C=O) groups is 2. The van der Waals surface area contributed by atoms with Gasteiger partial charge >= 0.3 is 5.97 Å². The molecule has 0 aromatic heterocycles. The Morgan fingerprint density at radius 2 is 2.06 bits per heavy atom. The van der Waals surface area contributed by atoms with Crippen LogP contribution in [-0.4, -0.2) is 54.2 Å². The van der Waals surface area contributed by atoms with E-state index in [0.717, 1.165) is 18.4 Å². The average Bonchev–Trinajstić information content (AvgIpc) is 3.15. The zero-order valence-electron chi connectivity index (χ0n) is 18.9. The second kappa shape index (κ2) is 12.4. The molecule has 31 heavy (non-hydrogen) atoms. The molecule has 0 bridgehead atoms. The fourth-order valence-electron chi connectivity index (χ4n) is 3.48. The van der Waals surface area contributed by atoms with Gasteiger partial charge in [0.2, 0.25) is 11.6 Å². The molecule has 1 heterocycles. The van der Waals surface area contributed by atoms with Crippen LogP contribution in [0.4, 0.5) is 0 Å². The molecule has 1 amide bonds. The van der Waals surface area contributed by atoms with E-state index in [0.29, 0.717) is 31.2 Å². The minimum absolute atomic E-state index is 0.0245. The second-order valence-corrected chi connectivity index (χ2v) is 8.77. The van der Waals surface area contributed by atoms with Crippen molar-refractivity contribution in [2.45, 2.75) is 64.1 Å². The van der Waals surface area contributed by atoms with Gasteiger partial charge in [-0.25, -0.2) is 4.79 Å². The van der Waals surface area contributed by atoms with E-state index >= 15 is 0 Å². The number of nitrogens with zero attached hydrogens (tertiary/aromatic N) is 1. The number of amides is 1. The van der Waals surface area contributed by atoms with Crippen LogP contribution in [-0.2, 0) is 19.2 Å². The predicted molar refractivity (Wildman–Crippen MR) is 124 cm³/mol. The lowest BCUT2D eigenvalue weighted by molar-refractivity contribution is -0.230. The van der Waals surface area contributed by atoms with Crippen molar-refractivity contribution in [3.8, 4) is 0 Å². The highest BCUT2D eigenvalue weighted by molar-refractivity contribution is 7.80. The van der Waals surface area contributed by atoms with Gasteiger partial charge in [0.1, 0.15) is 0 Å². The fourth-order valence-corrected chi connectivity index (χ4v) is 3.61. The monoisotopic (exact) mass is 451 g/mol. The van der Waals surface area contributed by atoms with Gasteiger partial charge in [-0.15, -0.1) is 0 Å². The Hall–Kier alpha value is -1.61.